The summed E-state index contributed by atoms with van der Waals surface area (Å²) in [6.45, 7) is 4.53. The third-order valence-corrected chi connectivity index (χ3v) is 12.2. The second kappa shape index (κ2) is 19.6. The molecule has 0 atom stereocenters. The molecule has 2 aromatic heterocycles. The number of tetrazole rings is 1. The topological polar surface area (TPSA) is 104 Å². The van der Waals surface area contributed by atoms with Gasteiger partial charge in [-0.25, -0.2) is 9.48 Å². The molecule has 310 valence electrons. The van der Waals surface area contributed by atoms with Gasteiger partial charge in [-0.15, -0.1) is 16.4 Å². The predicted molar refractivity (Wildman–Crippen MR) is 245 cm³/mol. The van der Waals surface area contributed by atoms with Gasteiger partial charge in [0.1, 0.15) is 11.2 Å². The normalized spacial score (nSPS) is 11.7. The third kappa shape index (κ3) is 8.60. The Balaban J connectivity index is 1.21. The zero-order valence-corrected chi connectivity index (χ0v) is 35.7. The Bertz CT molecular complexity index is 2700. The molecule has 8 aromatic rings. The van der Waals surface area contributed by atoms with E-state index in [0.717, 1.165) is 69.5 Å². The van der Waals surface area contributed by atoms with E-state index < -0.39 is 11.5 Å². The Hall–Kier alpha value is -7.04. The number of hydrogen-bond donors (Lipinski definition) is 0. The van der Waals surface area contributed by atoms with E-state index in [0.29, 0.717) is 34.8 Å². The van der Waals surface area contributed by atoms with Gasteiger partial charge in [0.2, 0.25) is 0 Å². The first kappa shape index (κ1) is 41.7. The van der Waals surface area contributed by atoms with Crippen molar-refractivity contribution in [2.24, 2.45) is 4.99 Å². The highest BCUT2D eigenvalue weighted by Crippen LogP contribution is 2.43. The number of nitrogens with zero attached hydrogens (tertiary/aromatic N) is 6. The van der Waals surface area contributed by atoms with Crippen LogP contribution in [0.3, 0.4) is 0 Å². The van der Waals surface area contributed by atoms with E-state index in [1.54, 1.807) is 19.1 Å². The zero-order chi connectivity index (χ0) is 42.7. The molecule has 0 unspecified atom stereocenters. The third-order valence-electron chi connectivity index (χ3n) is 11.1. The molecule has 0 aliphatic carbocycles. The van der Waals surface area contributed by atoms with Crippen LogP contribution >= 0.6 is 11.3 Å². The lowest BCUT2D eigenvalue weighted by molar-refractivity contribution is 0.0512. The number of carbonyl (C=O) groups excluding carboxylic acids is 2. The van der Waals surface area contributed by atoms with E-state index in [1.807, 2.05) is 94.2 Å². The second-order valence-corrected chi connectivity index (χ2v) is 16.1. The molecule has 0 saturated carbocycles. The van der Waals surface area contributed by atoms with Crippen molar-refractivity contribution in [3.63, 3.8) is 0 Å². The van der Waals surface area contributed by atoms with Crippen LogP contribution in [0.4, 0.5) is 0 Å². The molecule has 9 nitrogen and oxygen atoms in total. The highest BCUT2D eigenvalue weighted by atomic mass is 32.1. The van der Waals surface area contributed by atoms with E-state index >= 15 is 0 Å². The molecule has 0 radical (unpaired) electrons. The van der Waals surface area contributed by atoms with Crippen LogP contribution in [0.1, 0.15) is 87.5 Å². The van der Waals surface area contributed by atoms with Crippen molar-refractivity contribution < 1.29 is 14.3 Å². The maximum atomic E-state index is 13.7. The van der Waals surface area contributed by atoms with Gasteiger partial charge in [-0.1, -0.05) is 184 Å². The van der Waals surface area contributed by atoms with Gasteiger partial charge in [-0.05, 0) is 75.7 Å². The van der Waals surface area contributed by atoms with Gasteiger partial charge in [-0.3, -0.25) is 4.79 Å². The lowest BCUT2D eigenvalue weighted by Gasteiger charge is -2.36. The Morgan fingerprint density at radius 3 is 1.81 bits per heavy atom. The molecule has 0 N–H and O–H groups in total. The fraction of sp³-hybridized carbons (Fsp3) is 0.192. The van der Waals surface area contributed by atoms with E-state index in [-0.39, 0.29) is 12.5 Å². The van der Waals surface area contributed by atoms with Gasteiger partial charge >= 0.3 is 5.97 Å². The van der Waals surface area contributed by atoms with Crippen LogP contribution in [-0.4, -0.2) is 43.3 Å². The van der Waals surface area contributed by atoms with Crippen molar-refractivity contribution in [1.82, 2.24) is 24.8 Å². The predicted octanol–water partition coefficient (Wildman–Crippen LogP) is 10.8. The standard InChI is InChI=1S/C52H48N6O3S/c1-3-5-6-19-32-46-47(50(60)61-4-2)57(51(62-46)53-49(59)40-22-11-7-12-23-40)37-38-33-35-39(36-34-38)44-30-20-21-31-45(44)48-54-55-56-58(48)52(41-24-13-8-14-25-41,42-26-15-9-16-27-42)43-28-17-10-18-29-43/h7-18,20-31,33-36H,3-6,19,32,37H2,1-2H3. The van der Waals surface area contributed by atoms with Gasteiger partial charge in [0.25, 0.3) is 5.91 Å². The number of unbranched alkanes of at least 4 members (excludes halogenated alkanes) is 3. The Morgan fingerprint density at radius 1 is 0.661 bits per heavy atom. The smallest absolute Gasteiger partial charge is 0.356 e. The minimum atomic E-state index is -0.909. The molecule has 0 spiro atoms. The summed E-state index contributed by atoms with van der Waals surface area (Å²) in [7, 11) is 0. The quantitative estimate of drug-likeness (QED) is 0.0545. The lowest BCUT2D eigenvalue weighted by atomic mass is 9.77. The number of rotatable bonds is 16. The number of thiazole rings is 1. The number of aryl methyl sites for hydroxylation is 1. The van der Waals surface area contributed by atoms with Crippen molar-refractivity contribution in [3.8, 4) is 22.5 Å². The summed E-state index contributed by atoms with van der Waals surface area (Å²) in [5.41, 5.74) is 6.78. The SMILES string of the molecule is CCCCCCc1sc(=NC(=O)c2ccccc2)n(Cc2ccc(-c3ccccc3-c3nnnn3C(c3ccccc3)(c3ccccc3)c3ccccc3)cc2)c1C(=O)OCC. The largest absolute Gasteiger partial charge is 0.461 e. The molecule has 0 bridgehead atoms. The van der Waals surface area contributed by atoms with E-state index in [1.165, 1.54) is 11.3 Å². The van der Waals surface area contributed by atoms with E-state index in [2.05, 4.69) is 89.9 Å². The van der Waals surface area contributed by atoms with Crippen LogP contribution in [0.25, 0.3) is 22.5 Å². The summed E-state index contributed by atoms with van der Waals surface area (Å²) in [6.07, 6.45) is 4.89. The minimum absolute atomic E-state index is 0.236. The average molecular weight is 837 g/mol. The molecule has 62 heavy (non-hydrogen) atoms. The van der Waals surface area contributed by atoms with Crippen LogP contribution in [0, 0.1) is 0 Å². The molecular formula is C52H48N6O3S. The van der Waals surface area contributed by atoms with Crippen molar-refractivity contribution in [1.29, 1.82) is 0 Å². The first-order chi connectivity index (χ1) is 30.5. The first-order valence-electron chi connectivity index (χ1n) is 21.2. The van der Waals surface area contributed by atoms with E-state index in [4.69, 9.17) is 15.0 Å². The summed E-state index contributed by atoms with van der Waals surface area (Å²) in [6, 6.07) is 56.6. The average Bonchev–Trinajstić information content (AvgIpc) is 3.95. The number of amides is 1. The molecule has 0 saturated heterocycles. The minimum Gasteiger partial charge on any atom is -0.461 e. The molecule has 0 fully saturated rings. The van der Waals surface area contributed by atoms with Crippen molar-refractivity contribution in [2.45, 2.75) is 58.0 Å². The van der Waals surface area contributed by atoms with Crippen molar-refractivity contribution >= 4 is 23.2 Å². The fourth-order valence-corrected chi connectivity index (χ4v) is 9.27. The maximum absolute atomic E-state index is 13.7. The number of benzene rings is 6. The van der Waals surface area contributed by atoms with Crippen LogP contribution < -0.4 is 4.80 Å². The van der Waals surface area contributed by atoms with E-state index in [9.17, 15) is 9.59 Å². The van der Waals surface area contributed by atoms with Gasteiger partial charge < -0.3 is 9.30 Å². The molecule has 8 rings (SSSR count). The molecule has 0 aliphatic rings. The van der Waals surface area contributed by atoms with Crippen LogP contribution in [-0.2, 0) is 23.2 Å². The van der Waals surface area contributed by atoms with Crippen molar-refractivity contribution in [3.05, 3.63) is 213 Å². The lowest BCUT2D eigenvalue weighted by Crippen LogP contribution is -2.39. The summed E-state index contributed by atoms with van der Waals surface area (Å²) < 4.78 is 9.43. The highest BCUT2D eigenvalue weighted by Gasteiger charge is 2.42. The monoisotopic (exact) mass is 836 g/mol. The Labute approximate surface area is 366 Å². The summed E-state index contributed by atoms with van der Waals surface area (Å²) in [5, 5.41) is 13.9. The van der Waals surface area contributed by atoms with Gasteiger partial charge in [0.05, 0.1) is 13.2 Å². The summed E-state index contributed by atoms with van der Waals surface area (Å²) in [4.78, 5) is 33.1. The first-order valence-corrected chi connectivity index (χ1v) is 22.0. The van der Waals surface area contributed by atoms with Crippen LogP contribution in [0.15, 0.2) is 175 Å². The second-order valence-electron chi connectivity index (χ2n) is 15.0. The molecule has 2 heterocycles. The molecular weight excluding hydrogens is 789 g/mol. The maximum Gasteiger partial charge on any atom is 0.356 e. The molecule has 10 heteroatoms. The molecule has 6 aromatic carbocycles. The number of aromatic nitrogens is 5. The number of ether oxygens (including phenoxy) is 1. The molecule has 1 amide bonds. The van der Waals surface area contributed by atoms with Crippen molar-refractivity contribution in [2.75, 3.05) is 6.61 Å². The van der Waals surface area contributed by atoms with Gasteiger partial charge in [-0.2, -0.15) is 4.99 Å². The Morgan fingerprint density at radius 2 is 1.23 bits per heavy atom. The van der Waals surface area contributed by atoms with Gasteiger partial charge in [0, 0.05) is 16.0 Å². The van der Waals surface area contributed by atoms with Crippen LogP contribution in [0.2, 0.25) is 0 Å². The number of esters is 1. The highest BCUT2D eigenvalue weighted by molar-refractivity contribution is 7.09. The summed E-state index contributed by atoms with van der Waals surface area (Å²) in [5.74, 6) is -0.169. The number of hydrogen-bond acceptors (Lipinski definition) is 7. The molecule has 0 aliphatic heterocycles. The number of carbonyl (C=O) groups is 2. The Kier molecular flexibility index (Phi) is 13.2. The van der Waals surface area contributed by atoms with Gasteiger partial charge in [0.15, 0.2) is 10.6 Å². The zero-order valence-electron chi connectivity index (χ0n) is 34.9. The summed E-state index contributed by atoms with van der Waals surface area (Å²) >= 11 is 1.39. The fourth-order valence-electron chi connectivity index (χ4n) is 8.12. The van der Waals surface area contributed by atoms with Crippen LogP contribution in [0.5, 0.6) is 0 Å².